The Hall–Kier alpha value is -3.96. The summed E-state index contributed by atoms with van der Waals surface area (Å²) >= 11 is 0. The van der Waals surface area contributed by atoms with Crippen molar-refractivity contribution in [3.8, 4) is 0 Å². The number of hydrogen-bond acceptors (Lipinski definition) is 5. The number of nitrogens with zero attached hydrogens (tertiary/aromatic N) is 1. The standard InChI is InChI=1S/C31H33F3N2O6/c32-31(33,34)27-6-2-3-24-25(27)4-1-5-26(24)30(40)36-15-11-22(12-16-36)21-7-9-23(10-8-21)29(39)35-14-18-42-20-19-41-17-13-28(37)38/h1-10,22H,11-20H2,(H,35,39)(H,37,38). The number of amides is 2. The smallest absolute Gasteiger partial charge is 0.417 e. The first-order valence-corrected chi connectivity index (χ1v) is 13.8. The molecule has 3 aromatic rings. The first-order chi connectivity index (χ1) is 20.1. The van der Waals surface area contributed by atoms with Gasteiger partial charge in [-0.05, 0) is 59.4 Å². The molecule has 224 valence electrons. The SMILES string of the molecule is O=C(O)CCOCCOCCNC(=O)c1ccc(C2CCN(C(=O)c3cccc4c(C(F)(F)F)cccc34)CC2)cc1. The van der Waals surface area contributed by atoms with Crippen molar-refractivity contribution in [1.82, 2.24) is 10.2 Å². The number of aliphatic carboxylic acids is 1. The van der Waals surface area contributed by atoms with Crippen LogP contribution in [0.3, 0.4) is 0 Å². The van der Waals surface area contributed by atoms with E-state index in [-0.39, 0.29) is 48.3 Å². The van der Waals surface area contributed by atoms with Crippen molar-refractivity contribution in [2.24, 2.45) is 0 Å². The van der Waals surface area contributed by atoms with Crippen molar-refractivity contribution in [3.05, 3.63) is 82.9 Å². The number of alkyl halides is 3. The van der Waals surface area contributed by atoms with E-state index in [1.807, 2.05) is 12.1 Å². The van der Waals surface area contributed by atoms with Gasteiger partial charge in [0.15, 0.2) is 0 Å². The van der Waals surface area contributed by atoms with Gasteiger partial charge in [0.25, 0.3) is 11.8 Å². The summed E-state index contributed by atoms with van der Waals surface area (Å²) in [6.45, 7) is 2.28. The molecule has 1 aliphatic rings. The van der Waals surface area contributed by atoms with Crippen molar-refractivity contribution in [2.45, 2.75) is 31.4 Å². The number of piperidine rings is 1. The number of fused-ring (bicyclic) bond motifs is 1. The van der Waals surface area contributed by atoms with Crippen molar-refractivity contribution in [2.75, 3.05) is 46.1 Å². The van der Waals surface area contributed by atoms with Crippen LogP contribution in [0, 0.1) is 0 Å². The Kier molecular flexibility index (Phi) is 10.5. The fraction of sp³-hybridized carbons (Fsp3) is 0.387. The molecule has 2 amide bonds. The number of hydrogen-bond donors (Lipinski definition) is 2. The summed E-state index contributed by atoms with van der Waals surface area (Å²) in [5.41, 5.74) is 1.08. The molecule has 0 atom stereocenters. The van der Waals surface area contributed by atoms with Gasteiger partial charge < -0.3 is 24.8 Å². The Bertz CT molecular complexity index is 1390. The lowest BCUT2D eigenvalue weighted by Crippen LogP contribution is -2.38. The Morgan fingerprint density at radius 2 is 1.50 bits per heavy atom. The monoisotopic (exact) mass is 586 g/mol. The first kappa shape index (κ1) is 31.0. The van der Waals surface area contributed by atoms with E-state index >= 15 is 0 Å². The fourth-order valence-corrected chi connectivity index (χ4v) is 5.06. The topological polar surface area (TPSA) is 105 Å². The molecule has 2 N–H and O–H groups in total. The molecule has 3 aromatic carbocycles. The van der Waals surface area contributed by atoms with Crippen molar-refractivity contribution >= 4 is 28.6 Å². The molecule has 1 aliphatic heterocycles. The van der Waals surface area contributed by atoms with Gasteiger partial charge in [0.2, 0.25) is 0 Å². The number of carbonyl (C=O) groups excluding carboxylic acids is 2. The molecule has 0 aromatic heterocycles. The molecule has 1 heterocycles. The van der Waals surface area contributed by atoms with E-state index in [9.17, 15) is 27.6 Å². The first-order valence-electron chi connectivity index (χ1n) is 13.8. The molecule has 0 unspecified atom stereocenters. The Morgan fingerprint density at radius 1 is 0.857 bits per heavy atom. The van der Waals surface area contributed by atoms with Crippen LogP contribution in [0.15, 0.2) is 60.7 Å². The van der Waals surface area contributed by atoms with Crippen LogP contribution in [0.5, 0.6) is 0 Å². The van der Waals surface area contributed by atoms with Gasteiger partial charge in [0.05, 0.1) is 38.4 Å². The van der Waals surface area contributed by atoms with Crippen LogP contribution in [0.2, 0.25) is 0 Å². The molecule has 1 fully saturated rings. The molecule has 1 saturated heterocycles. The van der Waals surface area contributed by atoms with Gasteiger partial charge in [0.1, 0.15) is 0 Å². The summed E-state index contributed by atoms with van der Waals surface area (Å²) in [7, 11) is 0. The van der Waals surface area contributed by atoms with Crippen molar-refractivity contribution in [3.63, 3.8) is 0 Å². The molecule has 0 spiro atoms. The van der Waals surface area contributed by atoms with Gasteiger partial charge >= 0.3 is 12.1 Å². The zero-order chi connectivity index (χ0) is 30.1. The molecule has 0 radical (unpaired) electrons. The average Bonchev–Trinajstić information content (AvgIpc) is 2.98. The highest BCUT2D eigenvalue weighted by Crippen LogP contribution is 2.36. The van der Waals surface area contributed by atoms with Crippen LogP contribution < -0.4 is 5.32 Å². The number of benzene rings is 3. The van der Waals surface area contributed by atoms with Crippen LogP contribution in [-0.4, -0.2) is 73.9 Å². The summed E-state index contributed by atoms with van der Waals surface area (Å²) in [5, 5.41) is 11.6. The minimum absolute atomic E-state index is 0.0157. The maximum absolute atomic E-state index is 13.5. The molecule has 11 heteroatoms. The maximum Gasteiger partial charge on any atom is 0.417 e. The third kappa shape index (κ3) is 8.07. The Morgan fingerprint density at radius 3 is 2.17 bits per heavy atom. The normalized spacial score (nSPS) is 14.2. The molecular formula is C31H33F3N2O6. The molecule has 0 bridgehead atoms. The van der Waals surface area contributed by atoms with E-state index in [0.29, 0.717) is 56.6 Å². The van der Waals surface area contributed by atoms with Crippen LogP contribution in [0.4, 0.5) is 13.2 Å². The number of carboxylic acid groups (broad SMARTS) is 1. The number of rotatable bonds is 12. The zero-order valence-corrected chi connectivity index (χ0v) is 23.0. The number of likely N-dealkylation sites (tertiary alicyclic amines) is 1. The average molecular weight is 587 g/mol. The number of carbonyl (C=O) groups is 3. The summed E-state index contributed by atoms with van der Waals surface area (Å²) in [4.78, 5) is 37.8. The highest BCUT2D eigenvalue weighted by Gasteiger charge is 2.33. The predicted molar refractivity (Wildman–Crippen MR) is 149 cm³/mol. The third-order valence-corrected chi connectivity index (χ3v) is 7.25. The van der Waals surface area contributed by atoms with E-state index in [1.54, 1.807) is 29.2 Å². The summed E-state index contributed by atoms with van der Waals surface area (Å²) in [6.07, 6.45) is -3.16. The Labute approximate surface area is 241 Å². The van der Waals surface area contributed by atoms with Crippen LogP contribution in [0.1, 0.15) is 57.0 Å². The van der Waals surface area contributed by atoms with Gasteiger partial charge in [-0.1, -0.05) is 36.4 Å². The van der Waals surface area contributed by atoms with Gasteiger partial charge in [0, 0.05) is 30.8 Å². The molecular weight excluding hydrogens is 553 g/mol. The predicted octanol–water partition coefficient (Wildman–Crippen LogP) is 5.12. The zero-order valence-electron chi connectivity index (χ0n) is 23.0. The second kappa shape index (κ2) is 14.3. The summed E-state index contributed by atoms with van der Waals surface area (Å²) in [6, 6.07) is 15.7. The van der Waals surface area contributed by atoms with E-state index < -0.39 is 17.7 Å². The van der Waals surface area contributed by atoms with E-state index in [0.717, 1.165) is 11.6 Å². The summed E-state index contributed by atoms with van der Waals surface area (Å²) < 4.78 is 50.9. The van der Waals surface area contributed by atoms with Crippen LogP contribution in [-0.2, 0) is 20.4 Å². The number of ether oxygens (including phenoxy) is 2. The van der Waals surface area contributed by atoms with Gasteiger partial charge in [-0.15, -0.1) is 0 Å². The maximum atomic E-state index is 13.5. The lowest BCUT2D eigenvalue weighted by Gasteiger charge is -2.32. The number of halogens is 3. The number of nitrogens with one attached hydrogen (secondary N) is 1. The van der Waals surface area contributed by atoms with E-state index in [4.69, 9.17) is 14.6 Å². The highest BCUT2D eigenvalue weighted by atomic mass is 19.4. The third-order valence-electron chi connectivity index (χ3n) is 7.25. The number of carboxylic acids is 1. The minimum atomic E-state index is -4.51. The molecule has 4 rings (SSSR count). The lowest BCUT2D eigenvalue weighted by atomic mass is 9.88. The molecule has 42 heavy (non-hydrogen) atoms. The lowest BCUT2D eigenvalue weighted by molar-refractivity contribution is -0.138. The largest absolute Gasteiger partial charge is 0.481 e. The summed E-state index contributed by atoms with van der Waals surface area (Å²) in [5.74, 6) is -1.23. The van der Waals surface area contributed by atoms with Crippen LogP contribution in [0.25, 0.3) is 10.8 Å². The molecule has 0 aliphatic carbocycles. The molecule has 8 nitrogen and oxygen atoms in total. The van der Waals surface area contributed by atoms with E-state index in [1.165, 1.54) is 18.2 Å². The Balaban J connectivity index is 1.24. The van der Waals surface area contributed by atoms with Crippen molar-refractivity contribution < 1.29 is 42.1 Å². The highest BCUT2D eigenvalue weighted by molar-refractivity contribution is 6.07. The second-order valence-corrected chi connectivity index (χ2v) is 10.0. The van der Waals surface area contributed by atoms with Gasteiger partial charge in [-0.3, -0.25) is 14.4 Å². The fourth-order valence-electron chi connectivity index (χ4n) is 5.06. The quantitative estimate of drug-likeness (QED) is 0.286. The van der Waals surface area contributed by atoms with E-state index in [2.05, 4.69) is 5.32 Å². The van der Waals surface area contributed by atoms with Gasteiger partial charge in [-0.25, -0.2) is 0 Å². The van der Waals surface area contributed by atoms with Crippen molar-refractivity contribution in [1.29, 1.82) is 0 Å². The molecule has 0 saturated carbocycles. The van der Waals surface area contributed by atoms with Crippen LogP contribution >= 0.6 is 0 Å². The minimum Gasteiger partial charge on any atom is -0.481 e. The van der Waals surface area contributed by atoms with Gasteiger partial charge in [-0.2, -0.15) is 13.2 Å². The second-order valence-electron chi connectivity index (χ2n) is 10.0.